The van der Waals surface area contributed by atoms with E-state index in [1.54, 1.807) is 42.5 Å². The summed E-state index contributed by atoms with van der Waals surface area (Å²) in [5.41, 5.74) is 2.58. The van der Waals surface area contributed by atoms with E-state index in [-0.39, 0.29) is 11.9 Å². The number of amides is 1. The molecule has 4 aromatic rings. The Balaban J connectivity index is 1.71. The van der Waals surface area contributed by atoms with Gasteiger partial charge in [0.15, 0.2) is 0 Å². The van der Waals surface area contributed by atoms with Crippen LogP contribution in [0.25, 0.3) is 16.9 Å². The summed E-state index contributed by atoms with van der Waals surface area (Å²) in [5.74, 6) is 1.05. The largest absolute Gasteiger partial charge is 0.497 e. The van der Waals surface area contributed by atoms with Crippen molar-refractivity contribution in [3.63, 3.8) is 0 Å². The van der Waals surface area contributed by atoms with Crippen molar-refractivity contribution in [3.8, 4) is 28.4 Å². The Morgan fingerprint density at radius 2 is 1.88 bits per heavy atom. The average molecular weight is 477 g/mol. The summed E-state index contributed by atoms with van der Waals surface area (Å²) in [6, 6.07) is 19.4. The number of carbonyl (C=O) groups is 1. The van der Waals surface area contributed by atoms with E-state index in [0.717, 1.165) is 5.69 Å². The number of aromatic nitrogens is 2. The lowest BCUT2D eigenvalue weighted by Crippen LogP contribution is -2.34. The van der Waals surface area contributed by atoms with Crippen LogP contribution < -0.4 is 14.8 Å². The van der Waals surface area contributed by atoms with E-state index < -0.39 is 0 Å². The van der Waals surface area contributed by atoms with Crippen LogP contribution in [0.2, 0.25) is 0 Å². The minimum Gasteiger partial charge on any atom is -0.497 e. The van der Waals surface area contributed by atoms with Gasteiger partial charge in [0.05, 0.1) is 31.5 Å². The molecule has 1 unspecified atom stereocenters. The summed E-state index contributed by atoms with van der Waals surface area (Å²) < 4.78 is 12.7. The van der Waals surface area contributed by atoms with Crippen LogP contribution in [0.5, 0.6) is 11.5 Å². The first kappa shape index (κ1) is 23.5. The molecule has 2 aromatic heterocycles. The molecule has 0 fully saturated rings. The molecule has 0 aliphatic heterocycles. The van der Waals surface area contributed by atoms with Gasteiger partial charge in [-0.1, -0.05) is 24.3 Å². The number of ether oxygens (including phenoxy) is 2. The van der Waals surface area contributed by atoms with Gasteiger partial charge in [0.25, 0.3) is 5.91 Å². The van der Waals surface area contributed by atoms with Gasteiger partial charge in [0, 0.05) is 29.2 Å². The number of nitrogens with one attached hydrogen (secondary N) is 1. The zero-order chi connectivity index (χ0) is 24.1. The van der Waals surface area contributed by atoms with Gasteiger partial charge in [0.1, 0.15) is 17.2 Å². The predicted octanol–water partition coefficient (Wildman–Crippen LogP) is 4.65. The van der Waals surface area contributed by atoms with E-state index in [1.807, 2.05) is 68.0 Å². The summed E-state index contributed by atoms with van der Waals surface area (Å²) in [7, 11) is 7.22. The number of rotatable bonds is 9. The smallest absolute Gasteiger partial charge is 0.255 e. The second kappa shape index (κ2) is 10.5. The van der Waals surface area contributed by atoms with E-state index in [4.69, 9.17) is 14.6 Å². The van der Waals surface area contributed by atoms with Crippen LogP contribution in [-0.2, 0) is 0 Å². The van der Waals surface area contributed by atoms with Crippen molar-refractivity contribution < 1.29 is 14.3 Å². The summed E-state index contributed by atoms with van der Waals surface area (Å²) in [6.45, 7) is 0.474. The molecule has 0 saturated heterocycles. The average Bonchev–Trinajstić information content (AvgIpc) is 3.55. The fourth-order valence-electron chi connectivity index (χ4n) is 3.75. The molecule has 1 atom stereocenters. The molecule has 7 nitrogen and oxygen atoms in total. The van der Waals surface area contributed by atoms with E-state index in [0.29, 0.717) is 34.9 Å². The van der Waals surface area contributed by atoms with Crippen LogP contribution >= 0.6 is 11.3 Å². The molecule has 2 heterocycles. The van der Waals surface area contributed by atoms with Crippen molar-refractivity contribution in [3.05, 3.63) is 82.7 Å². The van der Waals surface area contributed by atoms with Gasteiger partial charge in [0.2, 0.25) is 0 Å². The van der Waals surface area contributed by atoms with Crippen molar-refractivity contribution in [1.82, 2.24) is 20.0 Å². The highest BCUT2D eigenvalue weighted by Crippen LogP contribution is 2.35. The number of likely N-dealkylation sites (N-methyl/N-ethyl adjacent to an activating group) is 1. The molecule has 8 heteroatoms. The first-order valence-electron chi connectivity index (χ1n) is 10.9. The number of carbonyl (C=O) groups excluding carboxylic acids is 1. The van der Waals surface area contributed by atoms with Crippen LogP contribution in [-0.4, -0.2) is 55.4 Å². The molecule has 0 bridgehead atoms. The van der Waals surface area contributed by atoms with Crippen LogP contribution in [0.3, 0.4) is 0 Å². The van der Waals surface area contributed by atoms with Gasteiger partial charge in [-0.15, -0.1) is 11.3 Å². The van der Waals surface area contributed by atoms with Crippen molar-refractivity contribution in [1.29, 1.82) is 0 Å². The Kier molecular flexibility index (Phi) is 7.30. The summed E-state index contributed by atoms with van der Waals surface area (Å²) in [6.07, 6.45) is 1.76. The minimum atomic E-state index is -0.196. The molecular weight excluding hydrogens is 448 g/mol. The normalized spacial score (nSPS) is 11.9. The Morgan fingerprint density at radius 3 is 2.53 bits per heavy atom. The number of thiophene rings is 1. The van der Waals surface area contributed by atoms with Gasteiger partial charge >= 0.3 is 0 Å². The van der Waals surface area contributed by atoms with Crippen LogP contribution in [0.4, 0.5) is 0 Å². The maximum absolute atomic E-state index is 13.5. The van der Waals surface area contributed by atoms with E-state index in [2.05, 4.69) is 16.3 Å². The molecule has 1 amide bonds. The highest BCUT2D eigenvalue weighted by molar-refractivity contribution is 7.10. The quantitative estimate of drug-likeness (QED) is 0.381. The molecular formula is C26H28N4O3S. The zero-order valence-corrected chi connectivity index (χ0v) is 20.5. The lowest BCUT2D eigenvalue weighted by atomic mass is 10.1. The van der Waals surface area contributed by atoms with Gasteiger partial charge in [-0.3, -0.25) is 4.79 Å². The van der Waals surface area contributed by atoms with Gasteiger partial charge in [-0.2, -0.15) is 5.10 Å². The van der Waals surface area contributed by atoms with Gasteiger partial charge in [-0.05, 0) is 49.8 Å². The molecule has 34 heavy (non-hydrogen) atoms. The van der Waals surface area contributed by atoms with Gasteiger partial charge in [-0.25, -0.2) is 4.68 Å². The fourth-order valence-corrected chi connectivity index (χ4v) is 4.67. The molecule has 2 aromatic carbocycles. The SMILES string of the molecule is COc1ccc(-c2nn(-c3ccccc3)cc2C(=O)NCC(c2cccs2)N(C)C)c(OC)c1. The van der Waals surface area contributed by atoms with E-state index in [9.17, 15) is 4.79 Å². The number of hydrogen-bond acceptors (Lipinski definition) is 6. The highest BCUT2D eigenvalue weighted by Gasteiger charge is 2.23. The molecule has 0 aliphatic rings. The lowest BCUT2D eigenvalue weighted by Gasteiger charge is -2.23. The summed E-state index contributed by atoms with van der Waals surface area (Å²) in [5, 5.41) is 9.93. The van der Waals surface area contributed by atoms with Crippen molar-refractivity contribution >= 4 is 17.2 Å². The van der Waals surface area contributed by atoms with Crippen molar-refractivity contribution in [2.75, 3.05) is 34.9 Å². The molecule has 0 aliphatic carbocycles. The standard InChI is InChI=1S/C26H28N4O3S/c1-29(2)22(24-11-8-14-34-24)16-27-26(31)21-17-30(18-9-6-5-7-10-18)28-25(21)20-13-12-19(32-3)15-23(20)33-4/h5-15,17,22H,16H2,1-4H3,(H,27,31). The summed E-state index contributed by atoms with van der Waals surface area (Å²) >= 11 is 1.68. The van der Waals surface area contributed by atoms with E-state index in [1.165, 1.54) is 4.88 Å². The van der Waals surface area contributed by atoms with Crippen LogP contribution in [0, 0.1) is 0 Å². The Bertz CT molecular complexity index is 1240. The van der Waals surface area contributed by atoms with Crippen LogP contribution in [0.15, 0.2) is 72.2 Å². The number of benzene rings is 2. The monoisotopic (exact) mass is 476 g/mol. The molecule has 1 N–H and O–H groups in total. The summed E-state index contributed by atoms with van der Waals surface area (Å²) in [4.78, 5) is 16.8. The van der Waals surface area contributed by atoms with Gasteiger partial charge < -0.3 is 19.7 Å². The van der Waals surface area contributed by atoms with E-state index >= 15 is 0 Å². The number of hydrogen-bond donors (Lipinski definition) is 1. The number of para-hydroxylation sites is 1. The molecule has 4 rings (SSSR count). The third-order valence-electron chi connectivity index (χ3n) is 5.59. The maximum atomic E-state index is 13.5. The zero-order valence-electron chi connectivity index (χ0n) is 19.7. The minimum absolute atomic E-state index is 0.0760. The van der Waals surface area contributed by atoms with Crippen molar-refractivity contribution in [2.45, 2.75) is 6.04 Å². The lowest BCUT2D eigenvalue weighted by molar-refractivity contribution is 0.0943. The Morgan fingerprint density at radius 1 is 1.09 bits per heavy atom. The fraction of sp³-hybridized carbons (Fsp3) is 0.231. The third-order valence-corrected chi connectivity index (χ3v) is 6.57. The molecule has 0 saturated carbocycles. The predicted molar refractivity (Wildman–Crippen MR) is 135 cm³/mol. The Hall–Kier alpha value is -3.62. The third kappa shape index (κ3) is 4.98. The second-order valence-corrected chi connectivity index (χ2v) is 8.92. The topological polar surface area (TPSA) is 68.6 Å². The number of nitrogens with zero attached hydrogens (tertiary/aromatic N) is 3. The maximum Gasteiger partial charge on any atom is 0.255 e. The number of methoxy groups -OCH3 is 2. The van der Waals surface area contributed by atoms with Crippen molar-refractivity contribution in [2.24, 2.45) is 0 Å². The van der Waals surface area contributed by atoms with Crippen LogP contribution in [0.1, 0.15) is 21.3 Å². The first-order valence-corrected chi connectivity index (χ1v) is 11.7. The Labute approximate surface area is 203 Å². The molecule has 0 spiro atoms. The highest BCUT2D eigenvalue weighted by atomic mass is 32.1. The first-order chi connectivity index (χ1) is 16.5. The molecule has 0 radical (unpaired) electrons. The molecule has 176 valence electrons. The second-order valence-electron chi connectivity index (χ2n) is 7.94.